The highest BCUT2D eigenvalue weighted by molar-refractivity contribution is 6.00. The van der Waals surface area contributed by atoms with Crippen LogP contribution in [0.4, 0.5) is 10.5 Å². The zero-order chi connectivity index (χ0) is 32.7. The predicted octanol–water partition coefficient (Wildman–Crippen LogP) is 7.30. The molecule has 0 fully saturated rings. The molecular formula is C37H43N3O5. The number of nitrogens with one attached hydrogen (secondary N) is 2. The van der Waals surface area contributed by atoms with Crippen LogP contribution in [0, 0.1) is 6.92 Å². The molecule has 8 nitrogen and oxygen atoms in total. The van der Waals surface area contributed by atoms with Crippen molar-refractivity contribution in [2.45, 2.75) is 78.1 Å². The van der Waals surface area contributed by atoms with Crippen LogP contribution in [0.3, 0.4) is 0 Å². The smallest absolute Gasteiger partial charge is 0.408 e. The fourth-order valence-corrected chi connectivity index (χ4v) is 5.25. The first-order valence-electron chi connectivity index (χ1n) is 15.3. The van der Waals surface area contributed by atoms with Gasteiger partial charge in [0, 0.05) is 18.2 Å². The third kappa shape index (κ3) is 8.85. The first-order valence-corrected chi connectivity index (χ1v) is 15.3. The molecule has 0 bridgehead atoms. The number of anilines is 1. The summed E-state index contributed by atoms with van der Waals surface area (Å²) >= 11 is 0. The van der Waals surface area contributed by atoms with E-state index in [0.29, 0.717) is 17.7 Å². The maximum Gasteiger partial charge on any atom is 0.408 e. The topological polar surface area (TPSA) is 108 Å². The van der Waals surface area contributed by atoms with Gasteiger partial charge in [-0.3, -0.25) is 9.59 Å². The Hall–Kier alpha value is -4.85. The van der Waals surface area contributed by atoms with E-state index in [1.807, 2.05) is 87.5 Å². The number of hydrogen-bond donors (Lipinski definition) is 3. The molecule has 0 aliphatic rings. The Morgan fingerprint density at radius 2 is 1.58 bits per heavy atom. The van der Waals surface area contributed by atoms with Crippen molar-refractivity contribution < 1.29 is 24.2 Å². The molecule has 0 spiro atoms. The van der Waals surface area contributed by atoms with Crippen molar-refractivity contribution in [2.24, 2.45) is 0 Å². The Morgan fingerprint density at radius 3 is 2.22 bits per heavy atom. The second-order valence-electron chi connectivity index (χ2n) is 12.4. The summed E-state index contributed by atoms with van der Waals surface area (Å²) in [6.07, 6.45) is -0.0511. The molecule has 0 radical (unpaired) electrons. The van der Waals surface area contributed by atoms with Gasteiger partial charge in [0.2, 0.25) is 5.91 Å². The van der Waals surface area contributed by atoms with Crippen molar-refractivity contribution in [3.05, 3.63) is 108 Å². The number of alkyl carbamates (subject to hydrolysis) is 1. The van der Waals surface area contributed by atoms with Crippen LogP contribution in [0.5, 0.6) is 5.75 Å². The van der Waals surface area contributed by atoms with Gasteiger partial charge < -0.3 is 25.4 Å². The van der Waals surface area contributed by atoms with Crippen LogP contribution < -0.4 is 10.6 Å². The zero-order valence-corrected chi connectivity index (χ0v) is 26.8. The summed E-state index contributed by atoms with van der Waals surface area (Å²) in [6, 6.07) is 25.2. The van der Waals surface area contributed by atoms with Crippen LogP contribution in [0.15, 0.2) is 91.0 Å². The Bertz CT molecular complexity index is 1640. The molecule has 3 unspecified atom stereocenters. The summed E-state index contributed by atoms with van der Waals surface area (Å²) in [6.45, 7) is 11.0. The molecule has 8 heteroatoms. The van der Waals surface area contributed by atoms with Crippen molar-refractivity contribution >= 4 is 34.4 Å². The van der Waals surface area contributed by atoms with E-state index in [4.69, 9.17) is 4.74 Å². The Labute approximate surface area is 265 Å². The number of phenols is 1. The largest absolute Gasteiger partial charge is 0.508 e. The summed E-state index contributed by atoms with van der Waals surface area (Å²) in [5, 5.41) is 17.7. The van der Waals surface area contributed by atoms with E-state index in [1.54, 1.807) is 37.8 Å². The highest BCUT2D eigenvalue weighted by atomic mass is 16.6. The number of ether oxygens (including phenoxy) is 1. The number of aryl methyl sites for hydroxylation is 1. The van der Waals surface area contributed by atoms with Crippen LogP contribution in [-0.4, -0.2) is 45.6 Å². The summed E-state index contributed by atoms with van der Waals surface area (Å²) < 4.78 is 5.52. The van der Waals surface area contributed by atoms with Gasteiger partial charge in [0.1, 0.15) is 23.4 Å². The number of rotatable bonds is 10. The van der Waals surface area contributed by atoms with Crippen molar-refractivity contribution in [2.75, 3.05) is 5.32 Å². The number of carbonyl (C=O) groups is 3. The van der Waals surface area contributed by atoms with Gasteiger partial charge >= 0.3 is 6.09 Å². The van der Waals surface area contributed by atoms with E-state index < -0.39 is 29.7 Å². The second-order valence-corrected chi connectivity index (χ2v) is 12.4. The molecule has 236 valence electrons. The molecule has 45 heavy (non-hydrogen) atoms. The van der Waals surface area contributed by atoms with Crippen LogP contribution in [-0.2, 0) is 20.7 Å². The lowest BCUT2D eigenvalue weighted by molar-refractivity contribution is -0.143. The zero-order valence-electron chi connectivity index (χ0n) is 26.8. The highest BCUT2D eigenvalue weighted by Gasteiger charge is 2.38. The number of nitrogens with zero attached hydrogens (tertiary/aromatic N) is 1. The van der Waals surface area contributed by atoms with Gasteiger partial charge in [0.15, 0.2) is 0 Å². The molecule has 4 rings (SSSR count). The lowest BCUT2D eigenvalue weighted by Crippen LogP contribution is -2.55. The van der Waals surface area contributed by atoms with Gasteiger partial charge in [-0.05, 0) is 87.2 Å². The third-order valence-electron chi connectivity index (χ3n) is 7.59. The number of fused-ring (bicyclic) bond motifs is 1. The normalized spacial score (nSPS) is 13.4. The van der Waals surface area contributed by atoms with Gasteiger partial charge in [0.25, 0.3) is 5.91 Å². The third-order valence-corrected chi connectivity index (χ3v) is 7.59. The molecule has 0 saturated heterocycles. The van der Waals surface area contributed by atoms with E-state index in [9.17, 15) is 19.5 Å². The number of amides is 3. The summed E-state index contributed by atoms with van der Waals surface area (Å²) in [7, 11) is 0. The molecule has 0 heterocycles. The first-order chi connectivity index (χ1) is 21.3. The average Bonchev–Trinajstić information content (AvgIpc) is 2.98. The number of carbonyl (C=O) groups excluding carboxylic acids is 3. The lowest BCUT2D eigenvalue weighted by atomic mass is 9.97. The molecule has 0 aliphatic carbocycles. The fourth-order valence-electron chi connectivity index (χ4n) is 5.25. The van der Waals surface area contributed by atoms with Crippen LogP contribution >= 0.6 is 0 Å². The molecule has 3 atom stereocenters. The van der Waals surface area contributed by atoms with Crippen LogP contribution in [0.25, 0.3) is 10.8 Å². The number of phenolic OH excluding ortho intramolecular Hbond substituents is 1. The minimum absolute atomic E-state index is 0.0906. The maximum atomic E-state index is 14.7. The van der Waals surface area contributed by atoms with Crippen LogP contribution in [0.1, 0.15) is 63.8 Å². The molecule has 3 N–H and O–H groups in total. The molecule has 4 aromatic carbocycles. The van der Waals surface area contributed by atoms with E-state index in [0.717, 1.165) is 21.9 Å². The van der Waals surface area contributed by atoms with E-state index in [2.05, 4.69) is 10.6 Å². The minimum atomic E-state index is -1.06. The van der Waals surface area contributed by atoms with Gasteiger partial charge in [-0.15, -0.1) is 0 Å². The van der Waals surface area contributed by atoms with Crippen molar-refractivity contribution in [3.63, 3.8) is 0 Å². The van der Waals surface area contributed by atoms with Gasteiger partial charge in [-0.1, -0.05) is 79.2 Å². The SMILES string of the molecule is CCC(C)N(C(=O)C(Cc1ccc(O)cc1)NC(=O)OC(C)(C)C)C(C(=O)Nc1ccc2ccccc2c1)c1cccc(C)c1. The molecule has 3 amide bonds. The Morgan fingerprint density at radius 1 is 0.889 bits per heavy atom. The number of hydrogen-bond acceptors (Lipinski definition) is 5. The van der Waals surface area contributed by atoms with Crippen molar-refractivity contribution in [1.29, 1.82) is 0 Å². The summed E-state index contributed by atoms with van der Waals surface area (Å²) in [5.41, 5.74) is 2.15. The molecule has 4 aromatic rings. The highest BCUT2D eigenvalue weighted by Crippen LogP contribution is 2.29. The predicted molar refractivity (Wildman–Crippen MR) is 178 cm³/mol. The van der Waals surface area contributed by atoms with E-state index in [-0.39, 0.29) is 24.1 Å². The van der Waals surface area contributed by atoms with Crippen molar-refractivity contribution in [3.8, 4) is 5.75 Å². The quantitative estimate of drug-likeness (QED) is 0.175. The van der Waals surface area contributed by atoms with Gasteiger partial charge in [0.05, 0.1) is 0 Å². The molecular weight excluding hydrogens is 566 g/mol. The van der Waals surface area contributed by atoms with Gasteiger partial charge in [-0.2, -0.15) is 0 Å². The average molecular weight is 610 g/mol. The molecule has 0 aromatic heterocycles. The van der Waals surface area contributed by atoms with E-state index >= 15 is 0 Å². The van der Waals surface area contributed by atoms with E-state index in [1.165, 1.54) is 12.1 Å². The monoisotopic (exact) mass is 609 g/mol. The second kappa shape index (κ2) is 14.3. The number of aromatic hydroxyl groups is 1. The molecule has 0 saturated carbocycles. The van der Waals surface area contributed by atoms with Crippen LogP contribution in [0.2, 0.25) is 0 Å². The Kier molecular flexibility index (Phi) is 10.5. The van der Waals surface area contributed by atoms with Gasteiger partial charge in [-0.25, -0.2) is 4.79 Å². The summed E-state index contributed by atoms with van der Waals surface area (Å²) in [5.74, 6) is -0.707. The standard InChI is InChI=1S/C37H43N3O5/c1-7-25(3)40(35(43)32(39-36(44)45-37(4,5)6)22-26-15-19-31(41)20-16-26)33(29-14-10-11-24(2)21-29)34(42)38-30-18-17-27-12-8-9-13-28(27)23-30/h8-21,23,25,32-33,41H,7,22H2,1-6H3,(H,38,42)(H,39,44). The molecule has 0 aliphatic heterocycles. The lowest BCUT2D eigenvalue weighted by Gasteiger charge is -2.38. The maximum absolute atomic E-state index is 14.7. The number of benzene rings is 4. The summed E-state index contributed by atoms with van der Waals surface area (Å²) in [4.78, 5) is 43.6. The Balaban J connectivity index is 1.76. The van der Waals surface area contributed by atoms with Crippen molar-refractivity contribution in [1.82, 2.24) is 10.2 Å². The minimum Gasteiger partial charge on any atom is -0.508 e. The fraction of sp³-hybridized carbons (Fsp3) is 0.324. The first kappa shape index (κ1) is 33.1.